The van der Waals surface area contributed by atoms with Crippen molar-refractivity contribution in [3.63, 3.8) is 0 Å². The molecule has 2 rings (SSSR count). The maximum atomic E-state index is 13.2. The van der Waals surface area contributed by atoms with Crippen molar-refractivity contribution in [2.45, 2.75) is 95.6 Å². The highest BCUT2D eigenvalue weighted by molar-refractivity contribution is 5.95. The average Bonchev–Trinajstić information content (AvgIpc) is 2.96. The highest BCUT2D eigenvalue weighted by atomic mass is 16.6. The molecule has 1 unspecified atom stereocenters. The minimum Gasteiger partial charge on any atom is -0.444 e. The van der Waals surface area contributed by atoms with Crippen molar-refractivity contribution >= 4 is 35.6 Å². The number of amides is 6. The molecule has 1 fully saturated rings. The van der Waals surface area contributed by atoms with Crippen LogP contribution in [-0.4, -0.2) is 78.6 Å². The van der Waals surface area contributed by atoms with E-state index in [9.17, 15) is 28.8 Å². The van der Waals surface area contributed by atoms with Crippen LogP contribution in [0.15, 0.2) is 30.3 Å². The number of terminal acetylenes is 1. The molecule has 1 aromatic rings. The highest BCUT2D eigenvalue weighted by Crippen LogP contribution is 2.08. The normalized spacial score (nSPS) is 22.3. The van der Waals surface area contributed by atoms with Crippen LogP contribution in [0.4, 0.5) is 4.79 Å². The summed E-state index contributed by atoms with van der Waals surface area (Å²) in [5.74, 6) is -0.888. The van der Waals surface area contributed by atoms with Crippen LogP contribution in [0.1, 0.15) is 64.9 Å². The summed E-state index contributed by atoms with van der Waals surface area (Å²) in [6.45, 7) is 5.66. The maximum Gasteiger partial charge on any atom is 0.407 e. The fourth-order valence-electron chi connectivity index (χ4n) is 4.34. The van der Waals surface area contributed by atoms with Crippen LogP contribution in [-0.2, 0) is 35.1 Å². The third kappa shape index (κ3) is 14.1. The molecule has 8 N–H and O–H groups in total. The van der Waals surface area contributed by atoms with Gasteiger partial charge in [0.25, 0.3) is 5.91 Å². The number of rotatable bonds is 8. The molecule has 45 heavy (non-hydrogen) atoms. The molecular weight excluding hydrogens is 582 g/mol. The number of carbonyl (C=O) groups is 6. The van der Waals surface area contributed by atoms with E-state index in [1.165, 1.54) is 0 Å². The Morgan fingerprint density at radius 2 is 1.60 bits per heavy atom. The zero-order valence-corrected chi connectivity index (χ0v) is 26.1. The lowest BCUT2D eigenvalue weighted by atomic mass is 10.0. The summed E-state index contributed by atoms with van der Waals surface area (Å²) < 4.78 is 5.19. The molecule has 0 aromatic heterocycles. The van der Waals surface area contributed by atoms with Gasteiger partial charge >= 0.3 is 6.09 Å². The summed E-state index contributed by atoms with van der Waals surface area (Å²) in [6, 6.07) is 5.73. The quantitative estimate of drug-likeness (QED) is 0.150. The standard InChI is InChI=1S/C31H45N7O7/c1-5-12-21-27(41)38-25(32)29(43)37-22(15-9-10-17-34-30(44)45-31(2,3)4)26(40)33-18-11-16-24(39)35-23(28(42)36-21)19-20-13-7-6-8-14-20/h1,6-8,13-14,21-23,25H,9-12,15-19,32H2,2-4H3,(H,33,40)(H,34,44)(H,35,39)(H,36,42)(H,37,43)(H,38,41)/t21-,22?,23-,25+/m0/s1. The van der Waals surface area contributed by atoms with Gasteiger partial charge in [-0.1, -0.05) is 30.3 Å². The van der Waals surface area contributed by atoms with Gasteiger partial charge in [-0.2, -0.15) is 0 Å². The number of benzene rings is 1. The zero-order valence-electron chi connectivity index (χ0n) is 26.1. The number of alkyl carbamates (subject to hydrolysis) is 1. The molecule has 1 heterocycles. The molecule has 6 amide bonds. The van der Waals surface area contributed by atoms with Crippen LogP contribution in [0, 0.1) is 12.3 Å². The SMILES string of the molecule is C#CC[C@@H]1NC(=O)[C@H](Cc2ccccc2)NC(=O)CCCNC(=O)C(CCCCNC(=O)OC(C)(C)C)NC(=O)[C@H](N)NC1=O. The Bertz CT molecular complexity index is 1230. The Balaban J connectivity index is 2.14. The molecule has 14 heteroatoms. The molecule has 1 saturated heterocycles. The third-order valence-electron chi connectivity index (χ3n) is 6.57. The average molecular weight is 628 g/mol. The Hall–Kier alpha value is -4.64. The first-order valence-corrected chi connectivity index (χ1v) is 15.0. The lowest BCUT2D eigenvalue weighted by Gasteiger charge is -2.24. The molecular formula is C31H45N7O7. The summed E-state index contributed by atoms with van der Waals surface area (Å²) >= 11 is 0. The first kappa shape index (κ1) is 36.6. The van der Waals surface area contributed by atoms with Gasteiger partial charge in [-0.15, -0.1) is 12.3 Å². The second kappa shape index (κ2) is 18.2. The zero-order chi connectivity index (χ0) is 33.4. The number of ether oxygens (including phenoxy) is 1. The predicted molar refractivity (Wildman–Crippen MR) is 166 cm³/mol. The number of hydrogen-bond donors (Lipinski definition) is 7. The predicted octanol–water partition coefficient (Wildman–Crippen LogP) is -0.287. The van der Waals surface area contributed by atoms with Gasteiger partial charge in [-0.25, -0.2) is 4.79 Å². The van der Waals surface area contributed by atoms with E-state index in [4.69, 9.17) is 16.9 Å². The van der Waals surface area contributed by atoms with E-state index in [1.807, 2.05) is 6.07 Å². The van der Waals surface area contributed by atoms with E-state index in [2.05, 4.69) is 37.8 Å². The molecule has 14 nitrogen and oxygen atoms in total. The second-order valence-corrected chi connectivity index (χ2v) is 11.6. The first-order valence-electron chi connectivity index (χ1n) is 15.0. The van der Waals surface area contributed by atoms with Crippen LogP contribution in [0.2, 0.25) is 0 Å². The van der Waals surface area contributed by atoms with Gasteiger partial charge in [0.15, 0.2) is 6.17 Å². The molecule has 0 bridgehead atoms. The van der Waals surface area contributed by atoms with Crippen LogP contribution in [0.25, 0.3) is 0 Å². The summed E-state index contributed by atoms with van der Waals surface area (Å²) in [7, 11) is 0. The van der Waals surface area contributed by atoms with Gasteiger partial charge in [0.05, 0.1) is 0 Å². The Kier molecular flexibility index (Phi) is 14.8. The van der Waals surface area contributed by atoms with E-state index in [0.29, 0.717) is 12.8 Å². The third-order valence-corrected chi connectivity index (χ3v) is 6.57. The fourth-order valence-corrected chi connectivity index (χ4v) is 4.34. The van der Waals surface area contributed by atoms with Gasteiger partial charge in [0.1, 0.15) is 23.7 Å². The van der Waals surface area contributed by atoms with Crippen LogP contribution in [0.5, 0.6) is 0 Å². The summed E-state index contributed by atoms with van der Waals surface area (Å²) in [4.78, 5) is 76.8. The number of hydrogen-bond acceptors (Lipinski definition) is 8. The van der Waals surface area contributed by atoms with Gasteiger partial charge < -0.3 is 42.4 Å². The van der Waals surface area contributed by atoms with E-state index in [1.54, 1.807) is 45.0 Å². The van der Waals surface area contributed by atoms with Crippen molar-refractivity contribution < 1.29 is 33.5 Å². The lowest BCUT2D eigenvalue weighted by molar-refractivity contribution is -0.134. The van der Waals surface area contributed by atoms with Crippen molar-refractivity contribution in [2.75, 3.05) is 13.1 Å². The van der Waals surface area contributed by atoms with E-state index < -0.39 is 65.5 Å². The van der Waals surface area contributed by atoms with Gasteiger partial charge in [0, 0.05) is 32.4 Å². The second-order valence-electron chi connectivity index (χ2n) is 11.6. The molecule has 0 radical (unpaired) electrons. The van der Waals surface area contributed by atoms with Crippen LogP contribution < -0.4 is 37.6 Å². The molecule has 1 aliphatic rings. The maximum absolute atomic E-state index is 13.2. The minimum absolute atomic E-state index is 0.00531. The van der Waals surface area contributed by atoms with Crippen LogP contribution in [0.3, 0.4) is 0 Å². The molecule has 4 atom stereocenters. The first-order chi connectivity index (χ1) is 21.3. The van der Waals surface area contributed by atoms with Crippen molar-refractivity contribution in [1.29, 1.82) is 0 Å². The van der Waals surface area contributed by atoms with Gasteiger partial charge in [0.2, 0.25) is 23.6 Å². The smallest absolute Gasteiger partial charge is 0.407 e. The van der Waals surface area contributed by atoms with Gasteiger partial charge in [-0.3, -0.25) is 24.0 Å². The number of unbranched alkanes of at least 4 members (excludes halogenated alkanes) is 1. The summed E-state index contributed by atoms with van der Waals surface area (Å²) in [6.07, 6.45) is 4.64. The molecule has 0 aliphatic carbocycles. The van der Waals surface area contributed by atoms with E-state index in [-0.39, 0.29) is 45.2 Å². The number of carbonyl (C=O) groups excluding carboxylic acids is 6. The van der Waals surface area contributed by atoms with Crippen molar-refractivity contribution in [2.24, 2.45) is 5.73 Å². The molecule has 246 valence electrons. The number of nitrogens with two attached hydrogens (primary N) is 1. The van der Waals surface area contributed by atoms with Crippen molar-refractivity contribution in [3.05, 3.63) is 35.9 Å². The molecule has 1 aromatic carbocycles. The Morgan fingerprint density at radius 1 is 0.933 bits per heavy atom. The number of nitrogens with one attached hydrogen (secondary N) is 6. The fraction of sp³-hybridized carbons (Fsp3) is 0.548. The highest BCUT2D eigenvalue weighted by Gasteiger charge is 2.30. The Morgan fingerprint density at radius 3 is 2.27 bits per heavy atom. The van der Waals surface area contributed by atoms with Crippen LogP contribution >= 0.6 is 0 Å². The molecule has 0 saturated carbocycles. The molecule has 1 aliphatic heterocycles. The lowest BCUT2D eigenvalue weighted by Crippen LogP contribution is -2.60. The topological polar surface area (TPSA) is 210 Å². The molecule has 0 spiro atoms. The summed E-state index contributed by atoms with van der Waals surface area (Å²) in [5, 5.41) is 15.5. The largest absolute Gasteiger partial charge is 0.444 e. The van der Waals surface area contributed by atoms with E-state index in [0.717, 1.165) is 5.56 Å². The van der Waals surface area contributed by atoms with Crippen molar-refractivity contribution in [1.82, 2.24) is 31.9 Å². The summed E-state index contributed by atoms with van der Waals surface area (Å²) in [5.41, 5.74) is 6.09. The monoisotopic (exact) mass is 627 g/mol. The van der Waals surface area contributed by atoms with E-state index >= 15 is 0 Å². The van der Waals surface area contributed by atoms with Crippen molar-refractivity contribution in [3.8, 4) is 12.3 Å². The van der Waals surface area contributed by atoms with Gasteiger partial charge in [-0.05, 0) is 52.0 Å². The minimum atomic E-state index is -1.56. The Labute approximate surface area is 263 Å².